The number of carbonyl (C=O) groups is 3. The van der Waals surface area contributed by atoms with E-state index in [4.69, 9.17) is 10.2 Å². The molecule has 0 radical (unpaired) electrons. The van der Waals surface area contributed by atoms with Gasteiger partial charge in [-0.2, -0.15) is 0 Å². The molecule has 0 aromatic rings. The molecule has 0 rings (SSSR count). The fourth-order valence-electron chi connectivity index (χ4n) is 2.54. The summed E-state index contributed by atoms with van der Waals surface area (Å²) in [4.78, 5) is 33.6. The van der Waals surface area contributed by atoms with Gasteiger partial charge in [-0.15, -0.1) is 0 Å². The van der Waals surface area contributed by atoms with Crippen LogP contribution in [0.5, 0.6) is 0 Å². The lowest BCUT2D eigenvalue weighted by molar-refractivity contribution is -0.147. The third kappa shape index (κ3) is 9.05. The van der Waals surface area contributed by atoms with E-state index in [1.165, 1.54) is 0 Å². The van der Waals surface area contributed by atoms with Crippen LogP contribution in [0.2, 0.25) is 0 Å². The van der Waals surface area contributed by atoms with Gasteiger partial charge in [0, 0.05) is 19.0 Å². The van der Waals surface area contributed by atoms with Crippen LogP contribution in [0.3, 0.4) is 0 Å². The largest absolute Gasteiger partial charge is 0.481 e. The Morgan fingerprint density at radius 3 is 1.96 bits per heavy atom. The number of carboxylic acids is 1. The molecule has 134 valence electrons. The number of amides is 2. The van der Waals surface area contributed by atoms with Crippen molar-refractivity contribution in [2.24, 2.45) is 23.2 Å². The summed E-state index contributed by atoms with van der Waals surface area (Å²) in [6.45, 7) is 9.70. The molecular formula is C16H30N2O5. The van der Waals surface area contributed by atoms with Crippen molar-refractivity contribution in [3.63, 3.8) is 0 Å². The predicted molar refractivity (Wildman–Crippen MR) is 87.2 cm³/mol. The molecule has 0 bridgehead atoms. The van der Waals surface area contributed by atoms with Gasteiger partial charge in [-0.05, 0) is 38.5 Å². The summed E-state index contributed by atoms with van der Waals surface area (Å²) in [7, 11) is 0. The van der Waals surface area contributed by atoms with E-state index in [0.717, 1.165) is 0 Å². The molecule has 0 aliphatic carbocycles. The number of rotatable bonds is 10. The van der Waals surface area contributed by atoms with Crippen LogP contribution < -0.4 is 10.6 Å². The molecule has 0 fully saturated rings. The third-order valence-corrected chi connectivity index (χ3v) is 3.87. The zero-order valence-electron chi connectivity index (χ0n) is 14.7. The Morgan fingerprint density at radius 1 is 0.957 bits per heavy atom. The van der Waals surface area contributed by atoms with E-state index in [1.54, 1.807) is 20.8 Å². The average Bonchev–Trinajstić information content (AvgIpc) is 2.41. The lowest BCUT2D eigenvalue weighted by Crippen LogP contribution is -2.36. The van der Waals surface area contributed by atoms with Crippen LogP contribution in [0.15, 0.2) is 0 Å². The maximum Gasteiger partial charge on any atom is 0.404 e. The van der Waals surface area contributed by atoms with E-state index in [1.807, 2.05) is 13.8 Å². The van der Waals surface area contributed by atoms with Crippen molar-refractivity contribution < 1.29 is 24.6 Å². The first kappa shape index (κ1) is 21.2. The van der Waals surface area contributed by atoms with Gasteiger partial charge in [0.1, 0.15) is 0 Å². The highest BCUT2D eigenvalue weighted by Gasteiger charge is 2.29. The van der Waals surface area contributed by atoms with E-state index >= 15 is 0 Å². The van der Waals surface area contributed by atoms with Crippen molar-refractivity contribution in [2.75, 3.05) is 13.1 Å². The summed E-state index contributed by atoms with van der Waals surface area (Å²) < 4.78 is 0. The van der Waals surface area contributed by atoms with E-state index in [-0.39, 0.29) is 23.7 Å². The van der Waals surface area contributed by atoms with E-state index in [2.05, 4.69) is 10.6 Å². The highest BCUT2D eigenvalue weighted by molar-refractivity contribution is 5.78. The van der Waals surface area contributed by atoms with Crippen LogP contribution in [-0.2, 0) is 9.59 Å². The second-order valence-corrected chi connectivity index (χ2v) is 7.17. The van der Waals surface area contributed by atoms with Gasteiger partial charge in [0.05, 0.1) is 5.41 Å². The Morgan fingerprint density at radius 2 is 1.48 bits per heavy atom. The second-order valence-electron chi connectivity index (χ2n) is 7.17. The molecular weight excluding hydrogens is 300 g/mol. The smallest absolute Gasteiger partial charge is 0.404 e. The second kappa shape index (κ2) is 9.37. The first-order chi connectivity index (χ1) is 10.5. The molecule has 2 amide bonds. The molecule has 0 heterocycles. The molecule has 0 spiro atoms. The number of hydrogen-bond donors (Lipinski definition) is 4. The quantitative estimate of drug-likeness (QED) is 0.490. The Balaban J connectivity index is 4.18. The predicted octanol–water partition coefficient (Wildman–Crippen LogP) is 2.17. The molecule has 7 heteroatoms. The van der Waals surface area contributed by atoms with Gasteiger partial charge in [0.15, 0.2) is 0 Å². The van der Waals surface area contributed by atoms with Gasteiger partial charge < -0.3 is 20.8 Å². The molecule has 0 aliphatic rings. The fourth-order valence-corrected chi connectivity index (χ4v) is 2.54. The summed E-state index contributed by atoms with van der Waals surface area (Å²) in [5, 5.41) is 22.8. The first-order valence-electron chi connectivity index (χ1n) is 7.93. The zero-order valence-corrected chi connectivity index (χ0v) is 14.7. The van der Waals surface area contributed by atoms with E-state index in [0.29, 0.717) is 25.9 Å². The standard InChI is InChI=1S/C16H30N2O5/c1-10(8-18-15(22)23)6-12(3)13(19)17-9-11(2)7-16(4,5)14(20)21/h10-12,18H,6-9H2,1-5H3,(H,17,19)(H,20,21)(H,22,23). The number of carbonyl (C=O) groups excluding carboxylic acids is 1. The summed E-state index contributed by atoms with van der Waals surface area (Å²) in [6, 6.07) is 0. The van der Waals surface area contributed by atoms with E-state index < -0.39 is 17.5 Å². The van der Waals surface area contributed by atoms with Crippen LogP contribution >= 0.6 is 0 Å². The van der Waals surface area contributed by atoms with Crippen LogP contribution in [0.25, 0.3) is 0 Å². The molecule has 0 saturated carbocycles. The zero-order chi connectivity index (χ0) is 18.2. The normalized spacial score (nSPS) is 15.3. The highest BCUT2D eigenvalue weighted by Crippen LogP contribution is 2.25. The molecule has 3 unspecified atom stereocenters. The topological polar surface area (TPSA) is 116 Å². The van der Waals surface area contributed by atoms with Crippen LogP contribution in [-0.4, -0.2) is 41.3 Å². The number of hydrogen-bond acceptors (Lipinski definition) is 3. The number of aliphatic carboxylic acids is 1. The van der Waals surface area contributed by atoms with E-state index in [9.17, 15) is 14.4 Å². The van der Waals surface area contributed by atoms with Gasteiger partial charge in [-0.1, -0.05) is 20.8 Å². The lowest BCUT2D eigenvalue weighted by atomic mass is 9.83. The van der Waals surface area contributed by atoms with Crippen LogP contribution in [0.4, 0.5) is 4.79 Å². The lowest BCUT2D eigenvalue weighted by Gasteiger charge is -2.24. The van der Waals surface area contributed by atoms with Gasteiger partial charge >= 0.3 is 12.1 Å². The van der Waals surface area contributed by atoms with Crippen molar-refractivity contribution >= 4 is 18.0 Å². The molecule has 0 aliphatic heterocycles. The van der Waals surface area contributed by atoms with Crippen molar-refractivity contribution in [1.29, 1.82) is 0 Å². The highest BCUT2D eigenvalue weighted by atomic mass is 16.4. The van der Waals surface area contributed by atoms with Gasteiger partial charge in [-0.25, -0.2) is 4.79 Å². The minimum absolute atomic E-state index is 0.0587. The fraction of sp³-hybridized carbons (Fsp3) is 0.812. The summed E-state index contributed by atoms with van der Waals surface area (Å²) in [5.74, 6) is -1.03. The monoisotopic (exact) mass is 330 g/mol. The molecule has 4 N–H and O–H groups in total. The molecule has 0 aromatic heterocycles. The molecule has 3 atom stereocenters. The summed E-state index contributed by atoms with van der Waals surface area (Å²) >= 11 is 0. The number of nitrogens with one attached hydrogen (secondary N) is 2. The Labute approximate surface area is 137 Å². The minimum Gasteiger partial charge on any atom is -0.481 e. The molecule has 23 heavy (non-hydrogen) atoms. The maximum absolute atomic E-state index is 12.1. The van der Waals surface area contributed by atoms with Crippen LogP contribution in [0, 0.1) is 23.2 Å². The third-order valence-electron chi connectivity index (χ3n) is 3.87. The van der Waals surface area contributed by atoms with Gasteiger partial charge in [0.25, 0.3) is 0 Å². The van der Waals surface area contributed by atoms with Gasteiger partial charge in [0.2, 0.25) is 5.91 Å². The Bertz CT molecular complexity index is 423. The van der Waals surface area contributed by atoms with Crippen molar-refractivity contribution in [2.45, 2.75) is 47.5 Å². The van der Waals surface area contributed by atoms with Crippen LogP contribution in [0.1, 0.15) is 47.5 Å². The minimum atomic E-state index is -1.07. The molecule has 7 nitrogen and oxygen atoms in total. The van der Waals surface area contributed by atoms with Crippen molar-refractivity contribution in [3.05, 3.63) is 0 Å². The molecule has 0 saturated heterocycles. The number of carboxylic acid groups (broad SMARTS) is 2. The Kier molecular flexibility index (Phi) is 8.64. The summed E-state index contributed by atoms with van der Waals surface area (Å²) in [5.41, 5.74) is -0.813. The van der Waals surface area contributed by atoms with Gasteiger partial charge in [-0.3, -0.25) is 9.59 Å². The average molecular weight is 330 g/mol. The Hall–Kier alpha value is -1.79. The van der Waals surface area contributed by atoms with Crippen molar-refractivity contribution in [3.8, 4) is 0 Å². The molecule has 0 aromatic carbocycles. The summed E-state index contributed by atoms with van der Waals surface area (Å²) in [6.07, 6.45) is 0.000607. The maximum atomic E-state index is 12.1. The SMILES string of the molecule is CC(CNC(=O)O)CC(C)C(=O)NCC(C)CC(C)(C)C(=O)O. The van der Waals surface area contributed by atoms with Crippen molar-refractivity contribution in [1.82, 2.24) is 10.6 Å². The first-order valence-corrected chi connectivity index (χ1v) is 7.93.